The van der Waals surface area contributed by atoms with Crippen LogP contribution in [-0.2, 0) is 11.2 Å². The molecule has 1 aliphatic rings. The third kappa shape index (κ3) is 5.73. The minimum absolute atomic E-state index is 0.222. The predicted molar refractivity (Wildman–Crippen MR) is 142 cm³/mol. The predicted octanol–water partition coefficient (Wildman–Crippen LogP) is 5.55. The SMILES string of the molecule is CCCCc1cc(O)c(C(=O)N2CCC(c3ccc(Cl)cc3F)C2)c(=O)n1[C@@H](COC)c1ccccc1. The minimum Gasteiger partial charge on any atom is -0.507 e. The van der Waals surface area contributed by atoms with Crippen LogP contribution in [0.5, 0.6) is 5.75 Å². The van der Waals surface area contributed by atoms with E-state index in [0.717, 1.165) is 18.4 Å². The Labute approximate surface area is 221 Å². The maximum absolute atomic E-state index is 14.5. The standard InChI is InChI=1S/C29H32ClFN2O4/c1-3-4-10-22-16-26(34)27(29(36)33(22)25(18-37-2)19-8-6-5-7-9-19)28(35)32-14-13-20(17-32)23-12-11-21(30)15-24(23)31/h5-9,11-12,15-16,20,25,34H,3-4,10,13-14,17-18H2,1-2H3/t20?,25-/m0/s1. The number of nitrogens with zero attached hydrogens (tertiary/aromatic N) is 2. The molecule has 1 fully saturated rings. The summed E-state index contributed by atoms with van der Waals surface area (Å²) in [5.74, 6) is -1.52. The zero-order valence-electron chi connectivity index (χ0n) is 21.1. The fraction of sp³-hybridized carbons (Fsp3) is 0.379. The number of carbonyl (C=O) groups is 1. The largest absolute Gasteiger partial charge is 0.507 e. The van der Waals surface area contributed by atoms with Gasteiger partial charge in [0.1, 0.15) is 17.1 Å². The molecule has 4 rings (SSSR count). The second kappa shape index (κ2) is 11.9. The van der Waals surface area contributed by atoms with Gasteiger partial charge in [-0.1, -0.05) is 61.3 Å². The quantitative estimate of drug-likeness (QED) is 0.396. The number of hydrogen-bond acceptors (Lipinski definition) is 4. The summed E-state index contributed by atoms with van der Waals surface area (Å²) in [6, 6.07) is 15.1. The van der Waals surface area contributed by atoms with E-state index in [9.17, 15) is 19.1 Å². The van der Waals surface area contributed by atoms with E-state index in [-0.39, 0.29) is 30.4 Å². The highest BCUT2D eigenvalue weighted by atomic mass is 35.5. The van der Waals surface area contributed by atoms with E-state index >= 15 is 0 Å². The van der Waals surface area contributed by atoms with Crippen LogP contribution in [0.25, 0.3) is 0 Å². The monoisotopic (exact) mass is 526 g/mol. The molecule has 3 aromatic rings. The van der Waals surface area contributed by atoms with Crippen molar-refractivity contribution in [2.45, 2.75) is 44.6 Å². The van der Waals surface area contributed by atoms with Gasteiger partial charge in [-0.25, -0.2) is 4.39 Å². The Kier molecular flexibility index (Phi) is 8.67. The van der Waals surface area contributed by atoms with E-state index < -0.39 is 23.3 Å². The maximum atomic E-state index is 14.5. The molecular weight excluding hydrogens is 495 g/mol. The molecule has 0 saturated carbocycles. The molecule has 1 unspecified atom stereocenters. The van der Waals surface area contributed by atoms with Crippen molar-refractivity contribution in [1.29, 1.82) is 0 Å². The molecule has 2 atom stereocenters. The Bertz CT molecular complexity index is 1310. The van der Waals surface area contributed by atoms with Crippen LogP contribution in [0.15, 0.2) is 59.4 Å². The number of carbonyl (C=O) groups excluding carboxylic acids is 1. The number of ether oxygens (including phenoxy) is 1. The average molecular weight is 527 g/mol. The Morgan fingerprint density at radius 1 is 1.22 bits per heavy atom. The van der Waals surface area contributed by atoms with Gasteiger partial charge in [0.2, 0.25) is 0 Å². The third-order valence-corrected chi connectivity index (χ3v) is 7.24. The second-order valence-corrected chi connectivity index (χ2v) is 9.90. The number of pyridine rings is 1. The smallest absolute Gasteiger partial charge is 0.268 e. The highest BCUT2D eigenvalue weighted by Crippen LogP contribution is 2.32. The first-order valence-corrected chi connectivity index (χ1v) is 13.0. The molecule has 0 spiro atoms. The summed E-state index contributed by atoms with van der Waals surface area (Å²) in [5.41, 5.74) is 1.18. The van der Waals surface area contributed by atoms with Crippen molar-refractivity contribution in [3.8, 4) is 5.75 Å². The topological polar surface area (TPSA) is 71.8 Å². The summed E-state index contributed by atoms with van der Waals surface area (Å²) in [7, 11) is 1.57. The van der Waals surface area contributed by atoms with Gasteiger partial charge in [-0.2, -0.15) is 0 Å². The molecular formula is C29H32ClFN2O4. The molecule has 1 saturated heterocycles. The Balaban J connectivity index is 1.73. The van der Waals surface area contributed by atoms with Gasteiger partial charge in [-0.05, 0) is 42.5 Å². The van der Waals surface area contributed by atoms with Crippen molar-refractivity contribution in [2.75, 3.05) is 26.8 Å². The first-order chi connectivity index (χ1) is 17.8. The summed E-state index contributed by atoms with van der Waals surface area (Å²) >= 11 is 5.89. The first kappa shape index (κ1) is 26.9. The van der Waals surface area contributed by atoms with Gasteiger partial charge in [0.25, 0.3) is 11.5 Å². The fourth-order valence-corrected chi connectivity index (χ4v) is 5.25. The Morgan fingerprint density at radius 2 is 1.97 bits per heavy atom. The summed E-state index contributed by atoms with van der Waals surface area (Å²) < 4.78 is 21.6. The van der Waals surface area contributed by atoms with Gasteiger partial charge in [0.05, 0.1) is 12.6 Å². The highest BCUT2D eigenvalue weighted by Gasteiger charge is 2.33. The van der Waals surface area contributed by atoms with Crippen molar-refractivity contribution in [3.05, 3.63) is 98.2 Å². The van der Waals surface area contributed by atoms with Crippen LogP contribution in [0.4, 0.5) is 4.39 Å². The number of aryl methyl sites for hydroxylation is 1. The van der Waals surface area contributed by atoms with Gasteiger partial charge in [-0.3, -0.25) is 9.59 Å². The Hall–Kier alpha value is -3.16. The normalized spacial score (nSPS) is 16.2. The van der Waals surface area contributed by atoms with Crippen molar-refractivity contribution >= 4 is 17.5 Å². The van der Waals surface area contributed by atoms with Crippen LogP contribution in [-0.4, -0.2) is 47.3 Å². The number of methoxy groups -OCH3 is 1. The van der Waals surface area contributed by atoms with Crippen molar-refractivity contribution in [1.82, 2.24) is 9.47 Å². The summed E-state index contributed by atoms with van der Waals surface area (Å²) in [6.45, 7) is 2.87. The number of likely N-dealkylation sites (tertiary alicyclic amines) is 1. The lowest BCUT2D eigenvalue weighted by Crippen LogP contribution is -2.39. The van der Waals surface area contributed by atoms with E-state index in [2.05, 4.69) is 6.92 Å². The summed E-state index contributed by atoms with van der Waals surface area (Å²) in [4.78, 5) is 29.0. The van der Waals surface area contributed by atoms with Gasteiger partial charge >= 0.3 is 0 Å². The molecule has 1 amide bonds. The molecule has 0 radical (unpaired) electrons. The number of hydrogen-bond donors (Lipinski definition) is 1. The van der Waals surface area contributed by atoms with Crippen molar-refractivity contribution in [2.24, 2.45) is 0 Å². The number of unbranched alkanes of at least 4 members (excludes halogenated alkanes) is 1. The maximum Gasteiger partial charge on any atom is 0.268 e. The van der Waals surface area contributed by atoms with Crippen LogP contribution >= 0.6 is 11.6 Å². The Morgan fingerprint density at radius 3 is 2.65 bits per heavy atom. The number of benzene rings is 2. The lowest BCUT2D eigenvalue weighted by atomic mass is 9.98. The molecule has 1 aliphatic heterocycles. The van der Waals surface area contributed by atoms with E-state index in [0.29, 0.717) is 35.7 Å². The third-order valence-electron chi connectivity index (χ3n) is 7.00. The fourth-order valence-electron chi connectivity index (χ4n) is 5.10. The molecule has 196 valence electrons. The van der Waals surface area contributed by atoms with E-state index in [1.165, 1.54) is 17.0 Å². The molecule has 8 heteroatoms. The lowest BCUT2D eigenvalue weighted by Gasteiger charge is -2.25. The van der Waals surface area contributed by atoms with Crippen LogP contribution < -0.4 is 5.56 Å². The van der Waals surface area contributed by atoms with Crippen LogP contribution in [0.2, 0.25) is 5.02 Å². The first-order valence-electron chi connectivity index (χ1n) is 12.6. The molecule has 37 heavy (non-hydrogen) atoms. The number of halogens is 2. The molecule has 2 aromatic carbocycles. The number of rotatable bonds is 9. The van der Waals surface area contributed by atoms with Crippen molar-refractivity contribution < 1.29 is 19.0 Å². The van der Waals surface area contributed by atoms with Gasteiger partial charge in [0.15, 0.2) is 0 Å². The van der Waals surface area contributed by atoms with Crippen LogP contribution in [0.3, 0.4) is 0 Å². The lowest BCUT2D eigenvalue weighted by molar-refractivity contribution is 0.0784. The number of aromatic hydroxyl groups is 1. The molecule has 6 nitrogen and oxygen atoms in total. The number of aromatic nitrogens is 1. The summed E-state index contributed by atoms with van der Waals surface area (Å²) in [5, 5.41) is 11.2. The molecule has 0 bridgehead atoms. The molecule has 1 N–H and O–H groups in total. The number of amides is 1. The van der Waals surface area contributed by atoms with Gasteiger partial charge in [-0.15, -0.1) is 0 Å². The van der Waals surface area contributed by atoms with Crippen molar-refractivity contribution in [3.63, 3.8) is 0 Å². The van der Waals surface area contributed by atoms with Gasteiger partial charge in [0, 0.05) is 42.9 Å². The zero-order valence-corrected chi connectivity index (χ0v) is 21.9. The zero-order chi connectivity index (χ0) is 26.5. The van der Waals surface area contributed by atoms with Crippen LogP contribution in [0.1, 0.15) is 65.3 Å². The van der Waals surface area contributed by atoms with Crippen LogP contribution in [0, 0.1) is 5.82 Å². The molecule has 0 aliphatic carbocycles. The van der Waals surface area contributed by atoms with E-state index in [1.54, 1.807) is 23.8 Å². The van der Waals surface area contributed by atoms with E-state index in [4.69, 9.17) is 16.3 Å². The molecule has 1 aromatic heterocycles. The van der Waals surface area contributed by atoms with E-state index in [1.807, 2.05) is 30.3 Å². The summed E-state index contributed by atoms with van der Waals surface area (Å²) in [6.07, 6.45) is 2.85. The second-order valence-electron chi connectivity index (χ2n) is 9.46. The molecule has 2 heterocycles. The average Bonchev–Trinajstić information content (AvgIpc) is 3.37. The van der Waals surface area contributed by atoms with Gasteiger partial charge < -0.3 is 19.3 Å². The minimum atomic E-state index is -0.556. The highest BCUT2D eigenvalue weighted by molar-refractivity contribution is 6.30.